The molecule has 0 radical (unpaired) electrons. The van der Waals surface area contributed by atoms with E-state index in [2.05, 4.69) is 29.6 Å². The summed E-state index contributed by atoms with van der Waals surface area (Å²) in [6.07, 6.45) is -0.379. The lowest BCUT2D eigenvalue weighted by Gasteiger charge is -2.21. The highest BCUT2D eigenvalue weighted by Gasteiger charge is 2.29. The maximum Gasteiger partial charge on any atom is 0.409 e. The molecule has 0 heterocycles. The van der Waals surface area contributed by atoms with E-state index >= 15 is 0 Å². The molecular weight excluding hydrogens is 376 g/mol. The fourth-order valence-electron chi connectivity index (χ4n) is 4.11. The number of rotatable bonds is 6. The second kappa shape index (κ2) is 8.59. The molecule has 3 aromatic rings. The third-order valence-corrected chi connectivity index (χ3v) is 5.72. The molecule has 3 aromatic carbocycles. The fourth-order valence-corrected chi connectivity index (χ4v) is 4.11. The molecule has 0 bridgehead atoms. The Bertz CT molecular complexity index is 1020. The van der Waals surface area contributed by atoms with Gasteiger partial charge >= 0.3 is 6.09 Å². The largest absolute Gasteiger partial charge is 0.448 e. The predicted octanol–water partition coefficient (Wildman–Crippen LogP) is 4.60. The topological polar surface area (TPSA) is 61.8 Å². The number of nitrogens with zero attached hydrogens (tertiary/aromatic N) is 1. The lowest BCUT2D eigenvalue weighted by atomic mass is 9.98. The minimum absolute atomic E-state index is 0.0374. The van der Waals surface area contributed by atoms with E-state index in [-0.39, 0.29) is 18.6 Å². The van der Waals surface area contributed by atoms with Gasteiger partial charge in [-0.25, -0.2) is 4.79 Å². The Morgan fingerprint density at radius 2 is 1.63 bits per heavy atom. The average Bonchev–Trinajstić information content (AvgIpc) is 3.11. The van der Waals surface area contributed by atoms with Crippen molar-refractivity contribution in [3.05, 3.63) is 89.0 Å². The van der Waals surface area contributed by atoms with Crippen molar-refractivity contribution in [2.24, 2.45) is 0 Å². The van der Waals surface area contributed by atoms with Crippen LogP contribution in [0.15, 0.2) is 66.7 Å². The molecular formula is C25H26N2O3. The number of carbonyl (C=O) groups is 1. The van der Waals surface area contributed by atoms with Crippen molar-refractivity contribution in [2.75, 3.05) is 26.0 Å². The van der Waals surface area contributed by atoms with Crippen LogP contribution in [-0.4, -0.2) is 36.8 Å². The Balaban J connectivity index is 1.47. The first kappa shape index (κ1) is 20.0. The van der Waals surface area contributed by atoms with E-state index in [1.54, 1.807) is 11.9 Å². The molecule has 1 aliphatic carbocycles. The van der Waals surface area contributed by atoms with Gasteiger partial charge in [0.1, 0.15) is 6.61 Å². The van der Waals surface area contributed by atoms with Crippen LogP contribution >= 0.6 is 0 Å². The van der Waals surface area contributed by atoms with Crippen molar-refractivity contribution in [3.8, 4) is 11.1 Å². The molecule has 0 spiro atoms. The lowest BCUT2D eigenvalue weighted by molar-refractivity contribution is 0.106. The Hall–Kier alpha value is -3.31. The van der Waals surface area contributed by atoms with Crippen LogP contribution in [0.4, 0.5) is 10.5 Å². The first-order chi connectivity index (χ1) is 14.6. The zero-order valence-electron chi connectivity index (χ0n) is 17.3. The van der Waals surface area contributed by atoms with E-state index < -0.39 is 0 Å². The standard InChI is InChI=1S/C25H26N2O3/c1-26-19-12-11-17(15-28)18(13-19)14-27(2)25(29)30-16-24-22-9-5-3-7-20(22)21-8-4-6-10-23(21)24/h3-13,24,26,28H,14-16H2,1-2H3. The van der Waals surface area contributed by atoms with Gasteiger partial charge in [-0.05, 0) is 45.5 Å². The van der Waals surface area contributed by atoms with Crippen molar-refractivity contribution in [1.29, 1.82) is 0 Å². The molecule has 0 fully saturated rings. The molecule has 0 saturated carbocycles. The number of aliphatic hydroxyl groups is 1. The van der Waals surface area contributed by atoms with Gasteiger partial charge < -0.3 is 20.1 Å². The van der Waals surface area contributed by atoms with Crippen LogP contribution in [0, 0.1) is 0 Å². The summed E-state index contributed by atoms with van der Waals surface area (Å²) >= 11 is 0. The summed E-state index contributed by atoms with van der Waals surface area (Å²) in [4.78, 5) is 14.3. The van der Waals surface area contributed by atoms with Crippen molar-refractivity contribution >= 4 is 11.8 Å². The van der Waals surface area contributed by atoms with Gasteiger partial charge in [0.05, 0.1) is 6.61 Å². The second-order valence-corrected chi connectivity index (χ2v) is 7.55. The van der Waals surface area contributed by atoms with Gasteiger partial charge in [0.15, 0.2) is 0 Å². The molecule has 0 aliphatic heterocycles. The van der Waals surface area contributed by atoms with E-state index in [9.17, 15) is 9.90 Å². The smallest absolute Gasteiger partial charge is 0.409 e. The van der Waals surface area contributed by atoms with Crippen LogP contribution in [0.3, 0.4) is 0 Å². The number of aliphatic hydroxyl groups excluding tert-OH is 1. The first-order valence-corrected chi connectivity index (χ1v) is 10.1. The third-order valence-electron chi connectivity index (χ3n) is 5.72. The van der Waals surface area contributed by atoms with Gasteiger partial charge in [-0.2, -0.15) is 0 Å². The van der Waals surface area contributed by atoms with Crippen LogP contribution in [0.5, 0.6) is 0 Å². The molecule has 4 rings (SSSR count). The normalized spacial score (nSPS) is 12.2. The summed E-state index contributed by atoms with van der Waals surface area (Å²) in [5.74, 6) is 0.0374. The van der Waals surface area contributed by atoms with Gasteiger partial charge in [-0.1, -0.05) is 54.6 Å². The highest BCUT2D eigenvalue weighted by Crippen LogP contribution is 2.44. The van der Waals surface area contributed by atoms with Crippen molar-refractivity contribution in [3.63, 3.8) is 0 Å². The summed E-state index contributed by atoms with van der Waals surface area (Å²) in [7, 11) is 3.55. The molecule has 2 N–H and O–H groups in total. The first-order valence-electron chi connectivity index (χ1n) is 10.1. The number of hydrogen-bond acceptors (Lipinski definition) is 4. The Morgan fingerprint density at radius 1 is 1.00 bits per heavy atom. The predicted molar refractivity (Wildman–Crippen MR) is 118 cm³/mol. The number of ether oxygens (including phenoxy) is 1. The van der Waals surface area contributed by atoms with Crippen LogP contribution in [-0.2, 0) is 17.9 Å². The van der Waals surface area contributed by atoms with E-state index in [4.69, 9.17) is 4.74 Å². The van der Waals surface area contributed by atoms with E-state index in [0.29, 0.717) is 13.2 Å². The number of amides is 1. The Kier molecular flexibility index (Phi) is 5.72. The van der Waals surface area contributed by atoms with Crippen LogP contribution in [0.1, 0.15) is 28.2 Å². The number of carbonyl (C=O) groups excluding carboxylic acids is 1. The van der Waals surface area contributed by atoms with Crippen molar-refractivity contribution < 1.29 is 14.6 Å². The zero-order chi connectivity index (χ0) is 21.1. The number of benzene rings is 3. The van der Waals surface area contributed by atoms with Gasteiger partial charge in [-0.15, -0.1) is 0 Å². The molecule has 0 atom stereocenters. The number of anilines is 1. The van der Waals surface area contributed by atoms with Crippen molar-refractivity contribution in [2.45, 2.75) is 19.1 Å². The monoisotopic (exact) mass is 402 g/mol. The van der Waals surface area contributed by atoms with E-state index in [0.717, 1.165) is 16.8 Å². The number of nitrogens with one attached hydrogen (secondary N) is 1. The van der Waals surface area contributed by atoms with Crippen molar-refractivity contribution in [1.82, 2.24) is 4.90 Å². The molecule has 30 heavy (non-hydrogen) atoms. The van der Waals surface area contributed by atoms with Crippen LogP contribution in [0.2, 0.25) is 0 Å². The highest BCUT2D eigenvalue weighted by molar-refractivity contribution is 5.79. The van der Waals surface area contributed by atoms with Gasteiger partial charge in [0.2, 0.25) is 0 Å². The van der Waals surface area contributed by atoms with E-state index in [1.807, 2.05) is 49.5 Å². The highest BCUT2D eigenvalue weighted by atomic mass is 16.6. The number of fused-ring (bicyclic) bond motifs is 3. The maximum absolute atomic E-state index is 12.7. The maximum atomic E-state index is 12.7. The molecule has 5 nitrogen and oxygen atoms in total. The fraction of sp³-hybridized carbons (Fsp3) is 0.240. The van der Waals surface area contributed by atoms with Gasteiger partial charge in [0.25, 0.3) is 0 Å². The third kappa shape index (κ3) is 3.76. The molecule has 0 unspecified atom stereocenters. The van der Waals surface area contributed by atoms with Gasteiger partial charge in [0, 0.05) is 32.2 Å². The van der Waals surface area contributed by atoms with E-state index in [1.165, 1.54) is 22.3 Å². The Labute approximate surface area is 176 Å². The van der Waals surface area contributed by atoms with Crippen LogP contribution in [0.25, 0.3) is 11.1 Å². The average molecular weight is 402 g/mol. The summed E-state index contributed by atoms with van der Waals surface area (Å²) in [6.45, 7) is 0.584. The van der Waals surface area contributed by atoms with Gasteiger partial charge in [-0.3, -0.25) is 0 Å². The Morgan fingerprint density at radius 3 is 2.23 bits per heavy atom. The quantitative estimate of drug-likeness (QED) is 0.633. The molecule has 0 aromatic heterocycles. The summed E-state index contributed by atoms with van der Waals surface area (Å²) in [6, 6.07) is 22.3. The summed E-state index contributed by atoms with van der Waals surface area (Å²) in [5, 5.41) is 12.7. The number of hydrogen-bond donors (Lipinski definition) is 2. The molecule has 0 saturated heterocycles. The lowest BCUT2D eigenvalue weighted by Crippen LogP contribution is -2.28. The minimum Gasteiger partial charge on any atom is -0.448 e. The molecule has 5 heteroatoms. The molecule has 154 valence electrons. The second-order valence-electron chi connectivity index (χ2n) is 7.55. The SMILES string of the molecule is CNc1ccc(CO)c(CN(C)C(=O)OCC2c3ccccc3-c3ccccc32)c1. The summed E-state index contributed by atoms with van der Waals surface area (Å²) < 4.78 is 5.71. The summed E-state index contributed by atoms with van der Waals surface area (Å²) in [5.41, 5.74) is 7.42. The zero-order valence-corrected chi connectivity index (χ0v) is 17.3. The molecule has 1 aliphatic rings. The van der Waals surface area contributed by atoms with Crippen LogP contribution < -0.4 is 5.32 Å². The molecule has 1 amide bonds. The minimum atomic E-state index is -0.379.